The van der Waals surface area contributed by atoms with Gasteiger partial charge in [0.25, 0.3) is 0 Å². The molecule has 0 saturated heterocycles. The number of aryl methyl sites for hydroxylation is 1. The maximum atomic E-state index is 11.3. The van der Waals surface area contributed by atoms with Crippen LogP contribution in [0, 0.1) is 6.92 Å². The Morgan fingerprint density at radius 2 is 1.79 bits per heavy atom. The fourth-order valence-electron chi connectivity index (χ4n) is 3.22. The quantitative estimate of drug-likeness (QED) is 0.409. The van der Waals surface area contributed by atoms with Gasteiger partial charge in [-0.3, -0.25) is 0 Å². The number of hydrogen-bond donors (Lipinski definition) is 4. The monoisotopic (exact) mass is 390 g/mol. The summed E-state index contributed by atoms with van der Waals surface area (Å²) < 4.78 is 0. The van der Waals surface area contributed by atoms with E-state index in [9.17, 15) is 25.2 Å². The molecule has 5 heteroatoms. The number of allylic oxidation sites excluding steroid dienone is 4. The normalized spacial score (nSPS) is 13.9. The maximum Gasteiger partial charge on any atom is 0.339 e. The van der Waals surface area contributed by atoms with Crippen LogP contribution in [0.3, 0.4) is 0 Å². The van der Waals surface area contributed by atoms with Crippen LogP contribution in [-0.4, -0.2) is 32.0 Å². The summed E-state index contributed by atoms with van der Waals surface area (Å²) in [6.07, 6.45) is 8.17. The van der Waals surface area contributed by atoms with Crippen LogP contribution in [0.2, 0.25) is 0 Å². The van der Waals surface area contributed by atoms with E-state index in [0.29, 0.717) is 12.0 Å². The molecule has 0 aliphatic rings. The van der Waals surface area contributed by atoms with E-state index in [1.54, 1.807) is 0 Å². The van der Waals surface area contributed by atoms with E-state index in [4.69, 9.17) is 0 Å². The molecule has 0 heterocycles. The fraction of sp³-hybridized carbons (Fsp3) is 0.522. The summed E-state index contributed by atoms with van der Waals surface area (Å²) >= 11 is 0. The fourth-order valence-corrected chi connectivity index (χ4v) is 3.22. The van der Waals surface area contributed by atoms with Crippen molar-refractivity contribution in [3.05, 3.63) is 46.1 Å². The molecule has 0 aliphatic carbocycles. The van der Waals surface area contributed by atoms with E-state index >= 15 is 0 Å². The van der Waals surface area contributed by atoms with Crippen LogP contribution in [0.5, 0.6) is 11.5 Å². The van der Waals surface area contributed by atoms with Gasteiger partial charge >= 0.3 is 5.97 Å². The van der Waals surface area contributed by atoms with Crippen molar-refractivity contribution in [1.82, 2.24) is 0 Å². The standard InChI is InChI=1S/C23H34O5/c1-15(2)8-6-12-23(5,28)13-7-9-16(3)10-11-18-19(24)14-17(4)20(21(18)25)22(26)27/h8,10,14,24-25,28H,6-7,9,11-13H2,1-5H3,(H,26,27). The van der Waals surface area contributed by atoms with E-state index in [-0.39, 0.29) is 29.0 Å². The summed E-state index contributed by atoms with van der Waals surface area (Å²) in [5.74, 6) is -1.70. The molecule has 1 aromatic carbocycles. The number of rotatable bonds is 10. The topological polar surface area (TPSA) is 98.0 Å². The van der Waals surface area contributed by atoms with Crippen molar-refractivity contribution in [2.45, 2.75) is 78.7 Å². The predicted octanol–water partition coefficient (Wildman–Crippen LogP) is 5.26. The average Bonchev–Trinajstić information content (AvgIpc) is 2.52. The molecule has 0 bridgehead atoms. The minimum atomic E-state index is -1.22. The Hall–Kier alpha value is -2.27. The smallest absolute Gasteiger partial charge is 0.339 e. The highest BCUT2D eigenvalue weighted by molar-refractivity contribution is 5.93. The van der Waals surface area contributed by atoms with Gasteiger partial charge in [0.15, 0.2) is 0 Å². The zero-order chi connectivity index (χ0) is 21.5. The minimum Gasteiger partial charge on any atom is -0.508 e. The Kier molecular flexibility index (Phi) is 8.76. The number of benzene rings is 1. The molecule has 4 N–H and O–H groups in total. The highest BCUT2D eigenvalue weighted by Crippen LogP contribution is 2.34. The van der Waals surface area contributed by atoms with E-state index < -0.39 is 11.6 Å². The molecule has 1 unspecified atom stereocenters. The Morgan fingerprint density at radius 3 is 2.36 bits per heavy atom. The molecule has 1 aromatic rings. The van der Waals surface area contributed by atoms with Crippen molar-refractivity contribution in [2.75, 3.05) is 0 Å². The summed E-state index contributed by atoms with van der Waals surface area (Å²) in [6, 6.07) is 1.37. The molecule has 0 aromatic heterocycles. The van der Waals surface area contributed by atoms with Crippen molar-refractivity contribution in [3.8, 4) is 11.5 Å². The van der Waals surface area contributed by atoms with Crippen molar-refractivity contribution in [1.29, 1.82) is 0 Å². The molecule has 0 fully saturated rings. The van der Waals surface area contributed by atoms with Gasteiger partial charge in [0.05, 0.1) is 5.60 Å². The van der Waals surface area contributed by atoms with Crippen LogP contribution in [0.1, 0.15) is 81.3 Å². The van der Waals surface area contributed by atoms with Gasteiger partial charge in [-0.25, -0.2) is 4.79 Å². The minimum absolute atomic E-state index is 0.105. The third-order valence-corrected chi connectivity index (χ3v) is 4.97. The summed E-state index contributed by atoms with van der Waals surface area (Å²) in [4.78, 5) is 11.3. The molecule has 0 spiro atoms. The first kappa shape index (κ1) is 23.8. The third-order valence-electron chi connectivity index (χ3n) is 4.97. The molecule has 0 radical (unpaired) electrons. The lowest BCUT2D eigenvalue weighted by Crippen LogP contribution is -2.23. The number of phenolic OH excluding ortho intramolecular Hbond substituents is 1. The van der Waals surface area contributed by atoms with Gasteiger partial charge in [0.1, 0.15) is 17.1 Å². The summed E-state index contributed by atoms with van der Waals surface area (Å²) in [5, 5.41) is 40.0. The van der Waals surface area contributed by atoms with E-state index in [1.807, 2.05) is 33.8 Å². The molecular weight excluding hydrogens is 356 g/mol. The predicted molar refractivity (Wildman–Crippen MR) is 112 cm³/mol. The van der Waals surface area contributed by atoms with Crippen molar-refractivity contribution < 1.29 is 25.2 Å². The molecule has 5 nitrogen and oxygen atoms in total. The number of carboxylic acid groups (broad SMARTS) is 1. The van der Waals surface area contributed by atoms with Gasteiger partial charge in [-0.15, -0.1) is 0 Å². The number of carboxylic acids is 1. The summed E-state index contributed by atoms with van der Waals surface area (Å²) in [5.41, 5.74) is 1.99. The van der Waals surface area contributed by atoms with Crippen molar-refractivity contribution in [3.63, 3.8) is 0 Å². The molecule has 1 atom stereocenters. The molecule has 156 valence electrons. The molecule has 0 aliphatic heterocycles. The van der Waals surface area contributed by atoms with Gasteiger partial charge in [-0.2, -0.15) is 0 Å². The first-order valence-corrected chi connectivity index (χ1v) is 9.73. The number of aromatic hydroxyl groups is 2. The molecule has 28 heavy (non-hydrogen) atoms. The van der Waals surface area contributed by atoms with Crippen LogP contribution >= 0.6 is 0 Å². The Labute approximate surface area is 168 Å². The molecule has 0 amide bonds. The molecule has 0 saturated carbocycles. The Bertz CT molecular complexity index is 753. The number of aromatic carboxylic acids is 1. The number of aliphatic hydroxyl groups is 1. The van der Waals surface area contributed by atoms with Crippen molar-refractivity contribution >= 4 is 5.97 Å². The van der Waals surface area contributed by atoms with Gasteiger partial charge < -0.3 is 20.4 Å². The first-order valence-electron chi connectivity index (χ1n) is 9.73. The Balaban J connectivity index is 2.68. The van der Waals surface area contributed by atoms with Crippen LogP contribution in [-0.2, 0) is 6.42 Å². The van der Waals surface area contributed by atoms with Crippen LogP contribution < -0.4 is 0 Å². The zero-order valence-electron chi connectivity index (χ0n) is 17.7. The number of phenols is 2. The summed E-state index contributed by atoms with van der Waals surface area (Å²) in [7, 11) is 0. The van der Waals surface area contributed by atoms with Crippen LogP contribution in [0.4, 0.5) is 0 Å². The molecule has 1 rings (SSSR count). The first-order chi connectivity index (χ1) is 12.9. The average molecular weight is 391 g/mol. The second-order valence-corrected chi connectivity index (χ2v) is 8.15. The van der Waals surface area contributed by atoms with Crippen molar-refractivity contribution in [2.24, 2.45) is 0 Å². The van der Waals surface area contributed by atoms with E-state index in [0.717, 1.165) is 31.3 Å². The largest absolute Gasteiger partial charge is 0.508 e. The summed E-state index contributed by atoms with van der Waals surface area (Å²) in [6.45, 7) is 9.45. The SMILES string of the molecule is CC(C)=CCCC(C)(O)CCCC(C)=CCc1c(O)cc(C)c(C(=O)O)c1O. The van der Waals surface area contributed by atoms with Crippen LogP contribution in [0.25, 0.3) is 0 Å². The zero-order valence-corrected chi connectivity index (χ0v) is 17.7. The van der Waals surface area contributed by atoms with E-state index in [1.165, 1.54) is 18.6 Å². The Morgan fingerprint density at radius 1 is 1.14 bits per heavy atom. The highest BCUT2D eigenvalue weighted by Gasteiger charge is 2.20. The van der Waals surface area contributed by atoms with Gasteiger partial charge in [-0.1, -0.05) is 23.3 Å². The van der Waals surface area contributed by atoms with E-state index in [2.05, 4.69) is 6.08 Å². The van der Waals surface area contributed by atoms with Gasteiger partial charge in [0, 0.05) is 5.56 Å². The lowest BCUT2D eigenvalue weighted by Gasteiger charge is -2.22. The van der Waals surface area contributed by atoms with Gasteiger partial charge in [0.2, 0.25) is 0 Å². The maximum absolute atomic E-state index is 11.3. The lowest BCUT2D eigenvalue weighted by molar-refractivity contribution is 0.0410. The van der Waals surface area contributed by atoms with Crippen LogP contribution in [0.15, 0.2) is 29.4 Å². The second kappa shape index (κ2) is 10.3. The highest BCUT2D eigenvalue weighted by atomic mass is 16.4. The number of carbonyl (C=O) groups is 1. The second-order valence-electron chi connectivity index (χ2n) is 8.15. The third kappa shape index (κ3) is 7.39. The lowest BCUT2D eigenvalue weighted by atomic mass is 9.92. The molecular formula is C23H34O5. The van der Waals surface area contributed by atoms with Gasteiger partial charge in [-0.05, 0) is 84.8 Å². The number of hydrogen-bond acceptors (Lipinski definition) is 4.